The van der Waals surface area contributed by atoms with Gasteiger partial charge < -0.3 is 9.47 Å². The van der Waals surface area contributed by atoms with E-state index in [1.807, 2.05) is 0 Å². The Morgan fingerprint density at radius 3 is 2.58 bits per heavy atom. The first-order valence-electron chi connectivity index (χ1n) is 7.50. The predicted molar refractivity (Wildman–Crippen MR) is 92.8 cm³/mol. The Labute approximate surface area is 149 Å². The Hall–Kier alpha value is -3.21. The molecule has 0 aliphatic carbocycles. The number of aromatic nitrogens is 5. The molecule has 0 radical (unpaired) electrons. The second-order valence-corrected chi connectivity index (χ2v) is 6.89. The molecule has 0 saturated heterocycles. The highest BCUT2D eigenvalue weighted by Gasteiger charge is 2.13. The first kappa shape index (κ1) is 17.6. The second-order valence-electron chi connectivity index (χ2n) is 5.05. The Kier molecular flexibility index (Phi) is 5.27. The van der Waals surface area contributed by atoms with Crippen molar-refractivity contribution in [2.45, 2.75) is 0 Å². The van der Waals surface area contributed by atoms with Gasteiger partial charge in [0, 0.05) is 6.07 Å². The maximum atomic E-state index is 12.2. The molecule has 0 fully saturated rings. The van der Waals surface area contributed by atoms with Gasteiger partial charge >= 0.3 is 0 Å². The molecule has 1 aromatic carbocycles. The van der Waals surface area contributed by atoms with Crippen molar-refractivity contribution >= 4 is 15.8 Å². The quantitative estimate of drug-likeness (QED) is 0.615. The molecule has 2 aromatic heterocycles. The highest BCUT2D eigenvalue weighted by atomic mass is 32.2. The minimum absolute atomic E-state index is 0.0112. The zero-order chi connectivity index (χ0) is 18.4. The van der Waals surface area contributed by atoms with Crippen LogP contribution in [0, 0.1) is 0 Å². The molecule has 0 aliphatic rings. The lowest BCUT2D eigenvalue weighted by molar-refractivity contribution is 0.340. The van der Waals surface area contributed by atoms with Crippen LogP contribution in [0.2, 0.25) is 0 Å². The van der Waals surface area contributed by atoms with E-state index in [1.54, 1.807) is 31.4 Å². The van der Waals surface area contributed by atoms with E-state index in [4.69, 9.17) is 9.47 Å². The maximum absolute atomic E-state index is 12.2. The summed E-state index contributed by atoms with van der Waals surface area (Å²) < 4.78 is 38.6. The average Bonchev–Trinajstić information content (AvgIpc) is 3.17. The van der Waals surface area contributed by atoms with Crippen LogP contribution in [0.5, 0.6) is 11.5 Å². The number of sulfonamides is 1. The van der Waals surface area contributed by atoms with Crippen LogP contribution in [0.3, 0.4) is 0 Å². The molecule has 2 heterocycles. The number of hydrogen-bond acceptors (Lipinski definition) is 8. The third-order valence-corrected chi connectivity index (χ3v) is 4.47. The van der Waals surface area contributed by atoms with Crippen molar-refractivity contribution in [3.05, 3.63) is 49.3 Å². The van der Waals surface area contributed by atoms with Gasteiger partial charge in [-0.25, -0.2) is 28.1 Å². The lowest BCUT2D eigenvalue weighted by Crippen LogP contribution is -2.22. The summed E-state index contributed by atoms with van der Waals surface area (Å²) in [5, 5.41) is 3.93. The third kappa shape index (κ3) is 4.66. The summed E-state index contributed by atoms with van der Waals surface area (Å²) in [5.41, 5.74) is 0. The Balaban J connectivity index is 1.57. The van der Waals surface area contributed by atoms with Crippen molar-refractivity contribution in [1.82, 2.24) is 24.7 Å². The SMILES string of the molecule is COc1ccc(OCCS(=O)(=O)Nc2cc(-n3cncn3)ncn2)cc1. The van der Waals surface area contributed by atoms with E-state index in [1.165, 1.54) is 29.7 Å². The second kappa shape index (κ2) is 7.78. The molecule has 11 heteroatoms. The van der Waals surface area contributed by atoms with Crippen molar-refractivity contribution in [2.24, 2.45) is 0 Å². The highest BCUT2D eigenvalue weighted by molar-refractivity contribution is 7.92. The van der Waals surface area contributed by atoms with Gasteiger partial charge in [0.1, 0.15) is 48.7 Å². The van der Waals surface area contributed by atoms with Gasteiger partial charge in [0.05, 0.1) is 7.11 Å². The van der Waals surface area contributed by atoms with Gasteiger partial charge in [-0.1, -0.05) is 0 Å². The fraction of sp³-hybridized carbons (Fsp3) is 0.200. The summed E-state index contributed by atoms with van der Waals surface area (Å²) in [4.78, 5) is 11.7. The number of nitrogens with one attached hydrogen (secondary N) is 1. The molecular formula is C15H16N6O4S. The summed E-state index contributed by atoms with van der Waals surface area (Å²) in [7, 11) is -2.07. The smallest absolute Gasteiger partial charge is 0.237 e. The summed E-state index contributed by atoms with van der Waals surface area (Å²) in [6.07, 6.45) is 4.04. The van der Waals surface area contributed by atoms with Crippen LogP contribution in [-0.4, -0.2) is 52.6 Å². The van der Waals surface area contributed by atoms with Crippen LogP contribution < -0.4 is 14.2 Å². The monoisotopic (exact) mass is 376 g/mol. The molecule has 0 atom stereocenters. The first-order chi connectivity index (χ1) is 12.6. The van der Waals surface area contributed by atoms with E-state index in [9.17, 15) is 8.42 Å². The zero-order valence-electron chi connectivity index (χ0n) is 13.8. The summed E-state index contributed by atoms with van der Waals surface area (Å²) >= 11 is 0. The Bertz CT molecular complexity index is 945. The zero-order valence-corrected chi connectivity index (χ0v) is 14.6. The fourth-order valence-corrected chi connectivity index (χ4v) is 2.84. The molecule has 26 heavy (non-hydrogen) atoms. The van der Waals surface area contributed by atoms with E-state index in [0.29, 0.717) is 17.3 Å². The number of methoxy groups -OCH3 is 1. The van der Waals surface area contributed by atoms with E-state index in [0.717, 1.165) is 0 Å². The summed E-state index contributed by atoms with van der Waals surface area (Å²) in [6.45, 7) is -0.0112. The average molecular weight is 376 g/mol. The van der Waals surface area contributed by atoms with Gasteiger partial charge in [-0.15, -0.1) is 0 Å². The highest BCUT2D eigenvalue weighted by Crippen LogP contribution is 2.17. The lowest BCUT2D eigenvalue weighted by atomic mass is 10.3. The third-order valence-electron chi connectivity index (χ3n) is 3.25. The van der Waals surface area contributed by atoms with Gasteiger partial charge in [-0.3, -0.25) is 4.72 Å². The molecule has 10 nitrogen and oxygen atoms in total. The Morgan fingerprint density at radius 1 is 1.12 bits per heavy atom. The van der Waals surface area contributed by atoms with Crippen molar-refractivity contribution in [2.75, 3.05) is 24.2 Å². The standard InChI is InChI=1S/C15H16N6O4S/c1-24-12-2-4-13(5-3-12)25-6-7-26(22,23)20-14-8-15(18-10-17-14)21-11-16-9-19-21/h2-5,8-11H,6-7H2,1H3,(H,17,18,20). The normalized spacial score (nSPS) is 11.1. The molecule has 0 bridgehead atoms. The number of benzene rings is 1. The topological polar surface area (TPSA) is 121 Å². The minimum Gasteiger partial charge on any atom is -0.497 e. The van der Waals surface area contributed by atoms with Crippen LogP contribution in [0.15, 0.2) is 49.3 Å². The van der Waals surface area contributed by atoms with Crippen LogP contribution >= 0.6 is 0 Å². The molecule has 0 unspecified atom stereocenters. The maximum Gasteiger partial charge on any atom is 0.237 e. The van der Waals surface area contributed by atoms with Gasteiger partial charge in [-0.05, 0) is 24.3 Å². The molecule has 0 amide bonds. The number of anilines is 1. The van der Waals surface area contributed by atoms with Crippen LogP contribution in [0.1, 0.15) is 0 Å². The van der Waals surface area contributed by atoms with Crippen LogP contribution in [0.25, 0.3) is 5.82 Å². The molecule has 136 valence electrons. The molecule has 1 N–H and O–H groups in total. The van der Waals surface area contributed by atoms with E-state index < -0.39 is 10.0 Å². The molecule has 0 aliphatic heterocycles. The first-order valence-corrected chi connectivity index (χ1v) is 9.15. The van der Waals surface area contributed by atoms with Crippen molar-refractivity contribution < 1.29 is 17.9 Å². The minimum atomic E-state index is -3.64. The van der Waals surface area contributed by atoms with Crippen molar-refractivity contribution in [3.8, 4) is 17.3 Å². The van der Waals surface area contributed by atoms with E-state index in [-0.39, 0.29) is 18.2 Å². The molecule has 3 aromatic rings. The largest absolute Gasteiger partial charge is 0.497 e. The Morgan fingerprint density at radius 2 is 1.88 bits per heavy atom. The van der Waals surface area contributed by atoms with Crippen molar-refractivity contribution in [3.63, 3.8) is 0 Å². The number of nitrogens with zero attached hydrogens (tertiary/aromatic N) is 5. The number of ether oxygens (including phenoxy) is 2. The summed E-state index contributed by atoms with van der Waals surface area (Å²) in [5.74, 6) is 1.54. The van der Waals surface area contributed by atoms with Crippen LogP contribution in [-0.2, 0) is 10.0 Å². The molecule has 0 spiro atoms. The van der Waals surface area contributed by atoms with Gasteiger partial charge in [0.15, 0.2) is 5.82 Å². The summed E-state index contributed by atoms with van der Waals surface area (Å²) in [6, 6.07) is 8.32. The van der Waals surface area contributed by atoms with Gasteiger partial charge in [0.2, 0.25) is 10.0 Å². The van der Waals surface area contributed by atoms with Crippen molar-refractivity contribution in [1.29, 1.82) is 0 Å². The predicted octanol–water partition coefficient (Wildman–Crippen LogP) is 0.887. The van der Waals surface area contributed by atoms with Crippen LogP contribution in [0.4, 0.5) is 5.82 Å². The van der Waals surface area contributed by atoms with Gasteiger partial charge in [-0.2, -0.15) is 5.10 Å². The molecule has 3 rings (SSSR count). The number of hydrogen-bond donors (Lipinski definition) is 1. The van der Waals surface area contributed by atoms with E-state index in [2.05, 4.69) is 24.8 Å². The fourth-order valence-electron chi connectivity index (χ4n) is 2.01. The van der Waals surface area contributed by atoms with Gasteiger partial charge in [0.25, 0.3) is 0 Å². The molecular weight excluding hydrogens is 360 g/mol. The number of rotatable bonds is 8. The lowest BCUT2D eigenvalue weighted by Gasteiger charge is -2.09. The molecule has 0 saturated carbocycles. The van der Waals surface area contributed by atoms with E-state index >= 15 is 0 Å².